The van der Waals surface area contributed by atoms with Crippen molar-refractivity contribution in [2.75, 3.05) is 5.32 Å². The van der Waals surface area contributed by atoms with Crippen LogP contribution in [-0.4, -0.2) is 15.0 Å². The number of nitrogens with zero attached hydrogens (tertiary/aromatic N) is 3. The van der Waals surface area contributed by atoms with Crippen molar-refractivity contribution in [3.63, 3.8) is 0 Å². The van der Waals surface area contributed by atoms with Crippen molar-refractivity contribution in [2.24, 2.45) is 0 Å². The van der Waals surface area contributed by atoms with E-state index < -0.39 is 0 Å². The van der Waals surface area contributed by atoms with Crippen LogP contribution in [0.1, 0.15) is 10.6 Å². The van der Waals surface area contributed by atoms with Crippen molar-refractivity contribution < 1.29 is 0 Å². The Bertz CT molecular complexity index is 979. The Morgan fingerprint density at radius 1 is 1.08 bits per heavy atom. The lowest BCUT2D eigenvalue weighted by Gasteiger charge is -2.09. The van der Waals surface area contributed by atoms with Crippen LogP contribution < -0.4 is 5.32 Å². The van der Waals surface area contributed by atoms with Crippen LogP contribution in [0.25, 0.3) is 21.5 Å². The summed E-state index contributed by atoms with van der Waals surface area (Å²) in [5.41, 5.74) is 4.14. The quantitative estimate of drug-likeness (QED) is 0.590. The molecule has 3 aromatic heterocycles. The number of thiazole rings is 1. The summed E-state index contributed by atoms with van der Waals surface area (Å²) in [6.45, 7) is 2.77. The van der Waals surface area contributed by atoms with Crippen molar-refractivity contribution in [1.82, 2.24) is 15.0 Å². The maximum absolute atomic E-state index is 4.66. The molecule has 1 aromatic carbocycles. The molecule has 0 atom stereocenters. The van der Waals surface area contributed by atoms with Gasteiger partial charge in [-0.05, 0) is 31.2 Å². The number of pyridine rings is 2. The summed E-state index contributed by atoms with van der Waals surface area (Å²) in [4.78, 5) is 14.5. The molecule has 0 radical (unpaired) electrons. The Morgan fingerprint density at radius 2 is 2.00 bits per heavy atom. The normalized spacial score (nSPS) is 10.9. The third kappa shape index (κ3) is 2.98. The summed E-state index contributed by atoms with van der Waals surface area (Å²) in [6, 6.07) is 14.3. The number of para-hydroxylation sites is 1. The summed E-state index contributed by atoms with van der Waals surface area (Å²) >= 11 is 1.68. The number of hydrogen-bond donors (Lipinski definition) is 1. The highest BCUT2D eigenvalue weighted by Gasteiger charge is 2.07. The van der Waals surface area contributed by atoms with E-state index in [1.807, 2.05) is 49.6 Å². The molecule has 24 heavy (non-hydrogen) atoms. The molecule has 5 heteroatoms. The van der Waals surface area contributed by atoms with E-state index in [4.69, 9.17) is 0 Å². The number of nitrogens with one attached hydrogen (secondary N) is 1. The van der Waals surface area contributed by atoms with Gasteiger partial charge in [-0.2, -0.15) is 0 Å². The Labute approximate surface area is 144 Å². The molecule has 0 bridgehead atoms. The van der Waals surface area contributed by atoms with Gasteiger partial charge in [-0.1, -0.05) is 18.2 Å². The van der Waals surface area contributed by atoms with Gasteiger partial charge in [0.25, 0.3) is 0 Å². The van der Waals surface area contributed by atoms with Gasteiger partial charge in [-0.3, -0.25) is 9.97 Å². The zero-order valence-electron chi connectivity index (χ0n) is 13.2. The second-order valence-electron chi connectivity index (χ2n) is 5.54. The van der Waals surface area contributed by atoms with E-state index in [0.29, 0.717) is 0 Å². The molecule has 3 heterocycles. The molecule has 0 saturated heterocycles. The van der Waals surface area contributed by atoms with Crippen LogP contribution in [0.15, 0.2) is 61.1 Å². The molecule has 118 valence electrons. The molecule has 4 nitrogen and oxygen atoms in total. The Morgan fingerprint density at radius 3 is 2.88 bits per heavy atom. The van der Waals surface area contributed by atoms with Gasteiger partial charge < -0.3 is 5.32 Å². The fraction of sp³-hybridized carbons (Fsp3) is 0.105. The lowest BCUT2D eigenvalue weighted by atomic mass is 10.2. The average Bonchev–Trinajstić information content (AvgIpc) is 3.10. The SMILES string of the molecule is Cc1nc2ccccc2cc1NCc1cnc(-c2cccnc2)s1. The molecular formula is C19H16N4S. The van der Waals surface area contributed by atoms with Crippen LogP contribution in [0.2, 0.25) is 0 Å². The van der Waals surface area contributed by atoms with Crippen LogP contribution in [0.5, 0.6) is 0 Å². The monoisotopic (exact) mass is 332 g/mol. The molecule has 0 spiro atoms. The van der Waals surface area contributed by atoms with Crippen molar-refractivity contribution in [2.45, 2.75) is 13.5 Å². The zero-order chi connectivity index (χ0) is 16.4. The highest BCUT2D eigenvalue weighted by atomic mass is 32.1. The minimum atomic E-state index is 0.735. The fourth-order valence-electron chi connectivity index (χ4n) is 2.59. The summed E-state index contributed by atoms with van der Waals surface area (Å²) < 4.78 is 0. The van der Waals surface area contributed by atoms with Crippen LogP contribution in [-0.2, 0) is 6.54 Å². The van der Waals surface area contributed by atoms with E-state index in [2.05, 4.69) is 32.4 Å². The number of aromatic nitrogens is 3. The molecule has 0 amide bonds. The first-order valence-corrected chi connectivity index (χ1v) is 8.56. The molecule has 4 aromatic rings. The third-order valence-corrected chi connectivity index (χ3v) is 4.88. The maximum atomic E-state index is 4.66. The first kappa shape index (κ1) is 14.8. The Balaban J connectivity index is 1.53. The molecule has 0 fully saturated rings. The van der Waals surface area contributed by atoms with Gasteiger partial charge >= 0.3 is 0 Å². The second-order valence-corrected chi connectivity index (χ2v) is 6.66. The first-order chi connectivity index (χ1) is 11.8. The van der Waals surface area contributed by atoms with Gasteiger partial charge in [0.1, 0.15) is 5.01 Å². The molecule has 0 unspecified atom stereocenters. The van der Waals surface area contributed by atoms with E-state index in [-0.39, 0.29) is 0 Å². The summed E-state index contributed by atoms with van der Waals surface area (Å²) in [7, 11) is 0. The lowest BCUT2D eigenvalue weighted by molar-refractivity contribution is 1.14. The van der Waals surface area contributed by atoms with Crippen LogP contribution in [0.4, 0.5) is 5.69 Å². The molecule has 0 aliphatic rings. The number of rotatable bonds is 4. The molecule has 0 aliphatic carbocycles. The van der Waals surface area contributed by atoms with E-state index in [0.717, 1.165) is 39.4 Å². The minimum Gasteiger partial charge on any atom is -0.379 e. The van der Waals surface area contributed by atoms with E-state index >= 15 is 0 Å². The Hall–Kier alpha value is -2.79. The van der Waals surface area contributed by atoms with E-state index in [1.54, 1.807) is 17.5 Å². The van der Waals surface area contributed by atoms with Crippen molar-refractivity contribution in [1.29, 1.82) is 0 Å². The summed E-state index contributed by atoms with van der Waals surface area (Å²) in [5.74, 6) is 0. The largest absolute Gasteiger partial charge is 0.379 e. The van der Waals surface area contributed by atoms with E-state index in [1.165, 1.54) is 4.88 Å². The topological polar surface area (TPSA) is 50.7 Å². The maximum Gasteiger partial charge on any atom is 0.125 e. The zero-order valence-corrected chi connectivity index (χ0v) is 14.0. The van der Waals surface area contributed by atoms with Gasteiger partial charge in [0.15, 0.2) is 0 Å². The predicted octanol–water partition coefficient (Wildman–Crippen LogP) is 4.67. The summed E-state index contributed by atoms with van der Waals surface area (Å²) in [5, 5.41) is 5.62. The number of anilines is 1. The number of hydrogen-bond acceptors (Lipinski definition) is 5. The first-order valence-electron chi connectivity index (χ1n) is 7.75. The number of benzene rings is 1. The van der Waals surface area contributed by atoms with E-state index in [9.17, 15) is 0 Å². The molecular weight excluding hydrogens is 316 g/mol. The summed E-state index contributed by atoms with van der Waals surface area (Å²) in [6.07, 6.45) is 5.53. The molecule has 0 aliphatic heterocycles. The Kier molecular flexibility index (Phi) is 3.92. The highest BCUT2D eigenvalue weighted by molar-refractivity contribution is 7.15. The molecule has 0 saturated carbocycles. The molecule has 4 rings (SSSR count). The minimum absolute atomic E-state index is 0.735. The fourth-order valence-corrected chi connectivity index (χ4v) is 3.43. The second kappa shape index (κ2) is 6.37. The lowest BCUT2D eigenvalue weighted by Crippen LogP contribution is -2.01. The van der Waals surface area contributed by atoms with Crippen LogP contribution >= 0.6 is 11.3 Å². The predicted molar refractivity (Wildman–Crippen MR) is 99.2 cm³/mol. The van der Waals surface area contributed by atoms with Gasteiger partial charge in [0.05, 0.1) is 23.4 Å². The van der Waals surface area contributed by atoms with Gasteiger partial charge in [-0.15, -0.1) is 11.3 Å². The van der Waals surface area contributed by atoms with Gasteiger partial charge in [0.2, 0.25) is 0 Å². The average molecular weight is 332 g/mol. The standard InChI is InChI=1S/C19H16N4S/c1-13-18(9-14-5-2-3-7-17(14)23-13)21-11-16-12-22-19(24-16)15-6-4-8-20-10-15/h2-10,12,21H,11H2,1H3. The van der Waals surface area contributed by atoms with Crippen molar-refractivity contribution in [3.05, 3.63) is 71.6 Å². The third-order valence-electron chi connectivity index (χ3n) is 3.83. The number of aryl methyl sites for hydroxylation is 1. The molecule has 1 N–H and O–H groups in total. The van der Waals surface area contributed by atoms with Crippen LogP contribution in [0, 0.1) is 6.92 Å². The van der Waals surface area contributed by atoms with Crippen molar-refractivity contribution >= 4 is 27.9 Å². The smallest absolute Gasteiger partial charge is 0.125 e. The highest BCUT2D eigenvalue weighted by Crippen LogP contribution is 2.26. The van der Waals surface area contributed by atoms with Crippen LogP contribution in [0.3, 0.4) is 0 Å². The van der Waals surface area contributed by atoms with Gasteiger partial charge in [0, 0.05) is 34.4 Å². The van der Waals surface area contributed by atoms with Crippen molar-refractivity contribution in [3.8, 4) is 10.6 Å². The van der Waals surface area contributed by atoms with Gasteiger partial charge in [-0.25, -0.2) is 4.98 Å². The number of fused-ring (bicyclic) bond motifs is 1.